The Morgan fingerprint density at radius 1 is 1.03 bits per heavy atom. The fourth-order valence-corrected chi connectivity index (χ4v) is 8.48. The van der Waals surface area contributed by atoms with Crippen LogP contribution in [0.1, 0.15) is 106 Å². The molecule has 0 radical (unpaired) electrons. The largest absolute Gasteiger partial charge is 0.393 e. The van der Waals surface area contributed by atoms with Crippen LogP contribution < -0.4 is 0 Å². The predicted octanol–water partition coefficient (Wildman–Crippen LogP) is 6.76. The summed E-state index contributed by atoms with van der Waals surface area (Å²) in [4.78, 5) is 0. The number of aliphatic hydroxyl groups is 2. The third-order valence-electron chi connectivity index (χ3n) is 10.2. The third kappa shape index (κ3) is 4.60. The number of rotatable bonds is 6. The normalized spacial score (nSPS) is 42.7. The van der Waals surface area contributed by atoms with Crippen molar-refractivity contribution in [1.82, 2.24) is 0 Å². The van der Waals surface area contributed by atoms with Crippen molar-refractivity contribution in [3.63, 3.8) is 0 Å². The first-order valence-electron chi connectivity index (χ1n) is 13.8. The number of fused-ring (bicyclic) bond motifs is 5. The minimum Gasteiger partial charge on any atom is -0.393 e. The maximum absolute atomic E-state index is 11.0. The van der Waals surface area contributed by atoms with E-state index in [4.69, 9.17) is 4.74 Å². The SMILES string of the molecule is CC.COC(C(O)CCC(C)C)C1CCC2C3CC=C4CC(O)CCC4(C)C3CCC21C. The van der Waals surface area contributed by atoms with E-state index in [1.807, 2.05) is 21.0 Å². The minimum atomic E-state index is -0.342. The molecule has 3 saturated carbocycles. The van der Waals surface area contributed by atoms with Crippen molar-refractivity contribution >= 4 is 0 Å². The summed E-state index contributed by atoms with van der Waals surface area (Å²) in [6.45, 7) is 13.5. The van der Waals surface area contributed by atoms with Crippen LogP contribution in [0.2, 0.25) is 0 Å². The highest BCUT2D eigenvalue weighted by Crippen LogP contribution is 2.66. The first kappa shape index (κ1) is 26.2. The van der Waals surface area contributed by atoms with E-state index in [9.17, 15) is 10.2 Å². The summed E-state index contributed by atoms with van der Waals surface area (Å²) in [6.07, 6.45) is 13.2. The van der Waals surface area contributed by atoms with E-state index in [2.05, 4.69) is 33.8 Å². The van der Waals surface area contributed by atoms with Crippen LogP contribution in [0.25, 0.3) is 0 Å². The molecule has 0 spiro atoms. The van der Waals surface area contributed by atoms with E-state index in [1.165, 1.54) is 32.1 Å². The lowest BCUT2D eigenvalue weighted by Gasteiger charge is -2.58. The van der Waals surface area contributed by atoms with Crippen molar-refractivity contribution < 1.29 is 14.9 Å². The minimum absolute atomic E-state index is 0.0228. The van der Waals surface area contributed by atoms with Gasteiger partial charge in [0.15, 0.2) is 0 Å². The quantitative estimate of drug-likeness (QED) is 0.441. The van der Waals surface area contributed by atoms with Crippen LogP contribution in [-0.4, -0.2) is 35.6 Å². The number of methoxy groups -OCH3 is 1. The van der Waals surface area contributed by atoms with Crippen molar-refractivity contribution in [1.29, 1.82) is 0 Å². The summed E-state index contributed by atoms with van der Waals surface area (Å²) in [5.74, 6) is 3.38. The highest BCUT2D eigenvalue weighted by molar-refractivity contribution is 5.25. The molecule has 0 aromatic heterocycles. The fraction of sp³-hybridized carbons (Fsp3) is 0.931. The van der Waals surface area contributed by atoms with Crippen LogP contribution in [0.4, 0.5) is 0 Å². The van der Waals surface area contributed by atoms with Gasteiger partial charge in [-0.2, -0.15) is 0 Å². The van der Waals surface area contributed by atoms with Crippen LogP contribution >= 0.6 is 0 Å². The zero-order valence-electron chi connectivity index (χ0n) is 22.1. The Kier molecular flexibility index (Phi) is 8.59. The lowest BCUT2D eigenvalue weighted by molar-refractivity contribution is -0.110. The molecule has 0 amide bonds. The molecule has 32 heavy (non-hydrogen) atoms. The maximum atomic E-state index is 11.0. The van der Waals surface area contributed by atoms with Gasteiger partial charge in [-0.05, 0) is 105 Å². The van der Waals surface area contributed by atoms with Crippen LogP contribution in [-0.2, 0) is 4.74 Å². The summed E-state index contributed by atoms with van der Waals surface area (Å²) in [5.41, 5.74) is 2.15. The summed E-state index contributed by atoms with van der Waals surface area (Å²) >= 11 is 0. The Labute approximate surface area is 198 Å². The van der Waals surface area contributed by atoms with Gasteiger partial charge in [-0.3, -0.25) is 0 Å². The van der Waals surface area contributed by atoms with Crippen LogP contribution in [0, 0.1) is 40.4 Å². The van der Waals surface area contributed by atoms with E-state index < -0.39 is 0 Å². The molecule has 3 fully saturated rings. The number of allylic oxidation sites excluding steroid dienone is 1. The van der Waals surface area contributed by atoms with Gasteiger partial charge in [0.1, 0.15) is 0 Å². The molecule has 9 atom stereocenters. The lowest BCUT2D eigenvalue weighted by atomic mass is 9.47. The number of ether oxygens (including phenoxy) is 1. The average molecular weight is 449 g/mol. The molecule has 2 N–H and O–H groups in total. The van der Waals surface area contributed by atoms with E-state index in [0.717, 1.165) is 49.9 Å². The molecule has 9 unspecified atom stereocenters. The topological polar surface area (TPSA) is 49.7 Å². The van der Waals surface area contributed by atoms with Crippen LogP contribution in [0.3, 0.4) is 0 Å². The first-order valence-corrected chi connectivity index (χ1v) is 13.8. The zero-order valence-corrected chi connectivity index (χ0v) is 22.1. The second-order valence-corrected chi connectivity index (χ2v) is 12.1. The standard InChI is InChI=1S/C27H46O3.C2H6/c1-17(2)6-11-24(29)25(30-5)23-10-9-21-20-8-7-18-16-19(28)12-14-26(18,3)22(20)13-15-27(21,23)4;1-2/h7,17,19-25,28-29H,6,8-16H2,1-5H3;1-2H3. The van der Waals surface area contributed by atoms with E-state index in [0.29, 0.717) is 17.3 Å². The Balaban J connectivity index is 0.00000141. The second kappa shape index (κ2) is 10.5. The summed E-state index contributed by atoms with van der Waals surface area (Å²) in [7, 11) is 1.82. The zero-order chi connectivity index (χ0) is 23.7. The van der Waals surface area contributed by atoms with E-state index in [1.54, 1.807) is 5.57 Å². The molecule has 4 aliphatic carbocycles. The molecule has 0 aromatic carbocycles. The van der Waals surface area contributed by atoms with Crippen LogP contribution in [0.5, 0.6) is 0 Å². The Morgan fingerprint density at radius 3 is 2.41 bits per heavy atom. The summed E-state index contributed by atoms with van der Waals surface area (Å²) in [5, 5.41) is 21.2. The van der Waals surface area contributed by atoms with Crippen molar-refractivity contribution in [2.75, 3.05) is 7.11 Å². The molecule has 0 aromatic rings. The summed E-state index contributed by atoms with van der Waals surface area (Å²) < 4.78 is 6.01. The average Bonchev–Trinajstić information content (AvgIpc) is 3.12. The molecular formula is C29H52O3. The molecule has 0 heterocycles. The van der Waals surface area contributed by atoms with Gasteiger partial charge in [0.25, 0.3) is 0 Å². The number of hydrogen-bond acceptors (Lipinski definition) is 3. The molecule has 0 aliphatic heterocycles. The third-order valence-corrected chi connectivity index (χ3v) is 10.2. The highest BCUT2D eigenvalue weighted by atomic mass is 16.5. The van der Waals surface area contributed by atoms with Gasteiger partial charge in [-0.1, -0.05) is 53.2 Å². The van der Waals surface area contributed by atoms with Gasteiger partial charge in [-0.15, -0.1) is 0 Å². The second-order valence-electron chi connectivity index (χ2n) is 12.1. The molecule has 186 valence electrons. The van der Waals surface area contributed by atoms with Crippen LogP contribution in [0.15, 0.2) is 11.6 Å². The Bertz CT molecular complexity index is 642. The van der Waals surface area contributed by atoms with Gasteiger partial charge >= 0.3 is 0 Å². The van der Waals surface area contributed by atoms with Gasteiger partial charge in [0.05, 0.1) is 18.3 Å². The molecule has 3 nitrogen and oxygen atoms in total. The lowest BCUT2D eigenvalue weighted by Crippen LogP contribution is -2.52. The van der Waals surface area contributed by atoms with Crippen molar-refractivity contribution in [3.05, 3.63) is 11.6 Å². The molecule has 4 aliphatic rings. The number of hydrogen-bond donors (Lipinski definition) is 2. The molecule has 4 rings (SSSR count). The van der Waals surface area contributed by atoms with Crippen molar-refractivity contribution in [2.45, 2.75) is 124 Å². The molecule has 3 heteroatoms. The van der Waals surface area contributed by atoms with Gasteiger partial charge in [0.2, 0.25) is 0 Å². The first-order chi connectivity index (χ1) is 15.2. The fourth-order valence-electron chi connectivity index (χ4n) is 8.48. The van der Waals surface area contributed by atoms with Crippen molar-refractivity contribution in [3.8, 4) is 0 Å². The molecule has 0 bridgehead atoms. The van der Waals surface area contributed by atoms with Crippen molar-refractivity contribution in [2.24, 2.45) is 40.4 Å². The summed E-state index contributed by atoms with van der Waals surface area (Å²) in [6, 6.07) is 0. The molecular weight excluding hydrogens is 396 g/mol. The Hall–Kier alpha value is -0.380. The van der Waals surface area contributed by atoms with E-state index in [-0.39, 0.29) is 23.7 Å². The monoisotopic (exact) mass is 448 g/mol. The predicted molar refractivity (Wildman–Crippen MR) is 133 cm³/mol. The highest BCUT2D eigenvalue weighted by Gasteiger charge is 2.60. The van der Waals surface area contributed by atoms with E-state index >= 15 is 0 Å². The number of aliphatic hydroxyl groups excluding tert-OH is 2. The maximum Gasteiger partial charge on any atom is 0.0863 e. The van der Waals surface area contributed by atoms with Gasteiger partial charge in [-0.25, -0.2) is 0 Å². The van der Waals surface area contributed by atoms with Gasteiger partial charge in [0, 0.05) is 7.11 Å². The smallest absolute Gasteiger partial charge is 0.0863 e. The van der Waals surface area contributed by atoms with Gasteiger partial charge < -0.3 is 14.9 Å². The molecule has 0 saturated heterocycles. The Morgan fingerprint density at radius 2 is 1.75 bits per heavy atom.